The Balaban J connectivity index is 2.04. The number of sulfonamides is 1. The average molecular weight is 405 g/mol. The first kappa shape index (κ1) is 20.5. The van der Waals surface area contributed by atoms with Crippen LogP contribution in [0.5, 0.6) is 5.75 Å². The molecule has 0 radical (unpaired) electrons. The van der Waals surface area contributed by atoms with Gasteiger partial charge in [0.05, 0.1) is 16.5 Å². The first-order valence-electron chi connectivity index (χ1n) is 9.19. The number of halogens is 1. The van der Waals surface area contributed by atoms with Gasteiger partial charge in [0.15, 0.2) is 0 Å². The predicted molar refractivity (Wildman–Crippen MR) is 105 cm³/mol. The van der Waals surface area contributed by atoms with Crippen LogP contribution in [-0.4, -0.2) is 20.1 Å². The molecule has 2 atom stereocenters. The van der Waals surface area contributed by atoms with Gasteiger partial charge in [0, 0.05) is 11.5 Å². The Hall–Kier alpha value is -2.25. The lowest BCUT2D eigenvalue weighted by atomic mass is 9.80. The SMILES string of the molecule is CCc1ccc(S(=O)(=O)N[C@@H]2c3cc(C(=O)F)ccc3OC(C)(C)[C@@H]2C)cc1. The van der Waals surface area contributed by atoms with Gasteiger partial charge < -0.3 is 4.74 Å². The van der Waals surface area contributed by atoms with Gasteiger partial charge in [-0.25, -0.2) is 13.1 Å². The monoisotopic (exact) mass is 405 g/mol. The molecule has 0 aromatic heterocycles. The standard InChI is InChI=1S/C21H24FNO4S/c1-5-14-6-9-16(10-7-14)28(25,26)23-19-13(2)21(3,4)27-18-11-8-15(20(22)24)12-17(18)19/h6-13,19,23H,5H2,1-4H3/t13-,19+/m1/s1. The van der Waals surface area contributed by atoms with Crippen LogP contribution >= 0.6 is 0 Å². The summed E-state index contributed by atoms with van der Waals surface area (Å²) < 4.78 is 47.9. The van der Waals surface area contributed by atoms with Crippen molar-refractivity contribution in [2.45, 2.75) is 50.7 Å². The topological polar surface area (TPSA) is 72.5 Å². The van der Waals surface area contributed by atoms with Gasteiger partial charge in [-0.2, -0.15) is 4.39 Å². The van der Waals surface area contributed by atoms with Crippen molar-refractivity contribution in [2.24, 2.45) is 5.92 Å². The number of rotatable bonds is 5. The fourth-order valence-electron chi connectivity index (χ4n) is 3.36. The largest absolute Gasteiger partial charge is 0.487 e. The maximum absolute atomic E-state index is 13.2. The van der Waals surface area contributed by atoms with E-state index in [4.69, 9.17) is 4.74 Å². The second-order valence-electron chi connectivity index (χ2n) is 7.62. The molecule has 2 aromatic carbocycles. The van der Waals surface area contributed by atoms with E-state index in [0.29, 0.717) is 11.3 Å². The fraction of sp³-hybridized carbons (Fsp3) is 0.381. The van der Waals surface area contributed by atoms with E-state index in [0.717, 1.165) is 12.0 Å². The molecule has 1 aliphatic rings. The number of nitrogens with one attached hydrogen (secondary N) is 1. The summed E-state index contributed by atoms with van der Waals surface area (Å²) in [6, 6.07) is 8.65. The molecule has 0 bridgehead atoms. The summed E-state index contributed by atoms with van der Waals surface area (Å²) in [6.07, 6.45) is 0.812. The van der Waals surface area contributed by atoms with E-state index in [-0.39, 0.29) is 16.4 Å². The molecule has 0 fully saturated rings. The number of hydrogen-bond acceptors (Lipinski definition) is 4. The smallest absolute Gasteiger partial charge is 0.332 e. The molecule has 150 valence electrons. The number of hydrogen-bond donors (Lipinski definition) is 1. The van der Waals surface area contributed by atoms with E-state index in [2.05, 4.69) is 4.72 Å². The molecule has 1 N–H and O–H groups in total. The quantitative estimate of drug-likeness (QED) is 0.758. The third-order valence-electron chi connectivity index (χ3n) is 5.47. The minimum absolute atomic E-state index is 0.134. The van der Waals surface area contributed by atoms with Crippen LogP contribution in [0.2, 0.25) is 0 Å². The highest BCUT2D eigenvalue weighted by Gasteiger charge is 2.43. The third-order valence-corrected chi connectivity index (χ3v) is 6.92. The van der Waals surface area contributed by atoms with Gasteiger partial charge in [-0.05, 0) is 56.2 Å². The van der Waals surface area contributed by atoms with Crippen LogP contribution in [-0.2, 0) is 16.4 Å². The van der Waals surface area contributed by atoms with Crippen molar-refractivity contribution in [3.63, 3.8) is 0 Å². The molecule has 1 heterocycles. The molecule has 0 spiro atoms. The summed E-state index contributed by atoms with van der Waals surface area (Å²) in [5.74, 6) is 0.164. The summed E-state index contributed by atoms with van der Waals surface area (Å²) in [5.41, 5.74) is 0.693. The van der Waals surface area contributed by atoms with Crippen molar-refractivity contribution >= 4 is 16.1 Å². The highest BCUT2D eigenvalue weighted by molar-refractivity contribution is 7.89. The summed E-state index contributed by atoms with van der Waals surface area (Å²) in [4.78, 5) is 11.3. The van der Waals surface area contributed by atoms with Crippen molar-refractivity contribution in [1.82, 2.24) is 4.72 Å². The summed E-state index contributed by atoms with van der Waals surface area (Å²) in [5, 5.41) is 0. The molecule has 0 aliphatic carbocycles. The highest BCUT2D eigenvalue weighted by Crippen LogP contribution is 2.44. The normalized spacial score (nSPS) is 20.9. The van der Waals surface area contributed by atoms with Gasteiger partial charge in [-0.15, -0.1) is 0 Å². The lowest BCUT2D eigenvalue weighted by Gasteiger charge is -2.43. The minimum Gasteiger partial charge on any atom is -0.487 e. The summed E-state index contributed by atoms with van der Waals surface area (Å²) in [7, 11) is -3.83. The molecule has 0 unspecified atom stereocenters. The van der Waals surface area contributed by atoms with Crippen LogP contribution < -0.4 is 9.46 Å². The van der Waals surface area contributed by atoms with Crippen molar-refractivity contribution in [3.8, 4) is 5.75 Å². The van der Waals surface area contributed by atoms with Gasteiger partial charge >= 0.3 is 6.04 Å². The highest BCUT2D eigenvalue weighted by atomic mass is 32.2. The average Bonchev–Trinajstić information content (AvgIpc) is 2.65. The number of ether oxygens (including phenoxy) is 1. The minimum atomic E-state index is -3.83. The summed E-state index contributed by atoms with van der Waals surface area (Å²) >= 11 is 0. The summed E-state index contributed by atoms with van der Waals surface area (Å²) in [6.45, 7) is 7.59. The number of fused-ring (bicyclic) bond motifs is 1. The maximum Gasteiger partial charge on any atom is 0.332 e. The molecule has 3 rings (SSSR count). The van der Waals surface area contributed by atoms with Crippen molar-refractivity contribution in [1.29, 1.82) is 0 Å². The van der Waals surface area contributed by atoms with Gasteiger partial charge in [-0.1, -0.05) is 26.0 Å². The molecule has 0 saturated carbocycles. The van der Waals surface area contributed by atoms with Crippen LogP contribution in [0, 0.1) is 5.92 Å². The molecule has 0 amide bonds. The van der Waals surface area contributed by atoms with E-state index in [1.165, 1.54) is 18.2 Å². The van der Waals surface area contributed by atoms with Crippen molar-refractivity contribution < 1.29 is 22.3 Å². The number of benzene rings is 2. The Morgan fingerprint density at radius 2 is 1.82 bits per heavy atom. The van der Waals surface area contributed by atoms with E-state index in [1.54, 1.807) is 24.3 Å². The molecule has 2 aromatic rings. The zero-order valence-electron chi connectivity index (χ0n) is 16.3. The van der Waals surface area contributed by atoms with E-state index >= 15 is 0 Å². The lowest BCUT2D eigenvalue weighted by molar-refractivity contribution is 0.0167. The first-order chi connectivity index (χ1) is 13.0. The molecule has 5 nitrogen and oxygen atoms in total. The van der Waals surface area contributed by atoms with Crippen molar-refractivity contribution in [3.05, 3.63) is 59.2 Å². The number of aryl methyl sites for hydroxylation is 1. The fourth-order valence-corrected chi connectivity index (χ4v) is 4.65. The Morgan fingerprint density at radius 3 is 2.39 bits per heavy atom. The van der Waals surface area contributed by atoms with Gasteiger partial charge in [0.2, 0.25) is 10.0 Å². The molecular formula is C21H24FNO4S. The second-order valence-corrected chi connectivity index (χ2v) is 9.33. The lowest BCUT2D eigenvalue weighted by Crippen LogP contribution is -2.48. The molecule has 1 aliphatic heterocycles. The van der Waals surface area contributed by atoms with Crippen LogP contribution in [0.1, 0.15) is 55.2 Å². The number of carbonyl (C=O) groups excluding carboxylic acids is 1. The van der Waals surface area contributed by atoms with Gasteiger partial charge in [0.1, 0.15) is 11.4 Å². The zero-order chi connectivity index (χ0) is 20.7. The van der Waals surface area contributed by atoms with Crippen LogP contribution in [0.3, 0.4) is 0 Å². The van der Waals surface area contributed by atoms with E-state index < -0.39 is 27.7 Å². The van der Waals surface area contributed by atoms with Gasteiger partial charge in [0.25, 0.3) is 0 Å². The Bertz CT molecular complexity index is 1000. The van der Waals surface area contributed by atoms with Crippen LogP contribution in [0.15, 0.2) is 47.4 Å². The zero-order valence-corrected chi connectivity index (χ0v) is 17.1. The van der Waals surface area contributed by atoms with Crippen LogP contribution in [0.4, 0.5) is 4.39 Å². The molecule has 28 heavy (non-hydrogen) atoms. The maximum atomic E-state index is 13.2. The predicted octanol–water partition coefficient (Wildman–Crippen LogP) is 4.19. The first-order valence-corrected chi connectivity index (χ1v) is 10.7. The third kappa shape index (κ3) is 3.82. The Labute approximate surface area is 165 Å². The molecule has 7 heteroatoms. The molecule has 0 saturated heterocycles. The Morgan fingerprint density at radius 1 is 1.18 bits per heavy atom. The van der Waals surface area contributed by atoms with E-state index in [1.807, 2.05) is 27.7 Å². The van der Waals surface area contributed by atoms with Crippen molar-refractivity contribution in [2.75, 3.05) is 0 Å². The second kappa shape index (κ2) is 7.29. The van der Waals surface area contributed by atoms with Gasteiger partial charge in [-0.3, -0.25) is 4.79 Å². The Kier molecular flexibility index (Phi) is 5.34. The van der Waals surface area contributed by atoms with Crippen LogP contribution in [0.25, 0.3) is 0 Å². The number of carbonyl (C=O) groups is 1. The van der Waals surface area contributed by atoms with E-state index in [9.17, 15) is 17.6 Å². The molecular weight excluding hydrogens is 381 g/mol.